The lowest BCUT2D eigenvalue weighted by molar-refractivity contribution is 0.319. The molecule has 0 atom stereocenters. The second-order valence-electron chi connectivity index (χ2n) is 2.93. The zero-order valence-electron chi connectivity index (χ0n) is 6.59. The standard InChI is InChI=1S/C7H10BrN3O/c8-7-10-6(12-11-7)5-1-3-9-4-2-5/h5,9H,1-4H2. The number of hydrogen-bond acceptors (Lipinski definition) is 4. The van der Waals surface area contributed by atoms with Crippen LogP contribution in [0.15, 0.2) is 9.26 Å². The lowest BCUT2D eigenvalue weighted by atomic mass is 9.98. The zero-order valence-corrected chi connectivity index (χ0v) is 8.17. The van der Waals surface area contributed by atoms with E-state index in [1.54, 1.807) is 0 Å². The third-order valence-corrected chi connectivity index (χ3v) is 2.43. The van der Waals surface area contributed by atoms with Gasteiger partial charge >= 0.3 is 0 Å². The van der Waals surface area contributed by atoms with E-state index in [1.807, 2.05) is 0 Å². The summed E-state index contributed by atoms with van der Waals surface area (Å²) in [4.78, 5) is 4.15. The van der Waals surface area contributed by atoms with Crippen molar-refractivity contribution in [3.8, 4) is 0 Å². The molecule has 0 aromatic carbocycles. The van der Waals surface area contributed by atoms with E-state index in [1.165, 1.54) is 0 Å². The summed E-state index contributed by atoms with van der Waals surface area (Å²) >= 11 is 3.17. The Morgan fingerprint density at radius 3 is 2.75 bits per heavy atom. The summed E-state index contributed by atoms with van der Waals surface area (Å²) in [5.41, 5.74) is 0. The highest BCUT2D eigenvalue weighted by molar-refractivity contribution is 9.10. The smallest absolute Gasteiger partial charge is 0.238 e. The minimum Gasteiger partial charge on any atom is -0.338 e. The molecular weight excluding hydrogens is 222 g/mol. The van der Waals surface area contributed by atoms with Crippen LogP contribution in [-0.2, 0) is 0 Å². The normalized spacial score (nSPS) is 19.8. The SMILES string of the molecule is Brc1noc(C2CCNCC2)n1. The Morgan fingerprint density at radius 2 is 2.17 bits per heavy atom. The maximum atomic E-state index is 5.07. The molecule has 0 amide bonds. The molecule has 0 radical (unpaired) electrons. The van der Waals surface area contributed by atoms with Crippen LogP contribution in [0.3, 0.4) is 0 Å². The summed E-state index contributed by atoms with van der Waals surface area (Å²) in [6.07, 6.45) is 2.18. The highest BCUT2D eigenvalue weighted by atomic mass is 79.9. The molecule has 1 aliphatic heterocycles. The molecule has 2 rings (SSSR count). The zero-order chi connectivity index (χ0) is 8.39. The van der Waals surface area contributed by atoms with Gasteiger partial charge in [0.05, 0.1) is 0 Å². The Labute approximate surface area is 78.9 Å². The van der Waals surface area contributed by atoms with E-state index < -0.39 is 0 Å². The van der Waals surface area contributed by atoms with Gasteiger partial charge in [0.2, 0.25) is 10.6 Å². The largest absolute Gasteiger partial charge is 0.338 e. The first-order valence-electron chi connectivity index (χ1n) is 4.06. The lowest BCUT2D eigenvalue weighted by Crippen LogP contribution is -2.26. The molecule has 0 bridgehead atoms. The molecular formula is C7H10BrN3O. The Bertz CT molecular complexity index is 257. The molecule has 0 aliphatic carbocycles. The van der Waals surface area contributed by atoms with Crippen LogP contribution in [-0.4, -0.2) is 23.2 Å². The van der Waals surface area contributed by atoms with E-state index in [0.29, 0.717) is 10.7 Å². The van der Waals surface area contributed by atoms with Crippen molar-refractivity contribution in [3.05, 3.63) is 10.6 Å². The van der Waals surface area contributed by atoms with Gasteiger partial charge in [-0.1, -0.05) is 0 Å². The number of nitrogens with zero attached hydrogens (tertiary/aromatic N) is 2. The number of nitrogens with one attached hydrogen (secondary N) is 1. The molecule has 0 unspecified atom stereocenters. The van der Waals surface area contributed by atoms with Crippen LogP contribution < -0.4 is 5.32 Å². The molecule has 1 saturated heterocycles. The highest BCUT2D eigenvalue weighted by Crippen LogP contribution is 2.23. The van der Waals surface area contributed by atoms with Crippen LogP contribution in [0.2, 0.25) is 0 Å². The van der Waals surface area contributed by atoms with Crippen LogP contribution in [0.4, 0.5) is 0 Å². The van der Waals surface area contributed by atoms with Crippen LogP contribution in [0.25, 0.3) is 0 Å². The summed E-state index contributed by atoms with van der Waals surface area (Å²) in [7, 11) is 0. The van der Waals surface area contributed by atoms with Gasteiger partial charge in [-0.05, 0) is 47.0 Å². The van der Waals surface area contributed by atoms with Crippen molar-refractivity contribution >= 4 is 15.9 Å². The summed E-state index contributed by atoms with van der Waals surface area (Å²) in [6, 6.07) is 0. The molecule has 5 heteroatoms. The number of aromatic nitrogens is 2. The van der Waals surface area contributed by atoms with Crippen molar-refractivity contribution in [2.75, 3.05) is 13.1 Å². The summed E-state index contributed by atoms with van der Waals surface area (Å²) in [5.74, 6) is 1.22. The Kier molecular flexibility index (Phi) is 2.41. The third-order valence-electron chi connectivity index (χ3n) is 2.11. The number of piperidine rings is 1. The van der Waals surface area contributed by atoms with Gasteiger partial charge in [-0.2, -0.15) is 4.98 Å². The number of rotatable bonds is 1. The van der Waals surface area contributed by atoms with Crippen LogP contribution >= 0.6 is 15.9 Å². The van der Waals surface area contributed by atoms with Gasteiger partial charge in [-0.25, -0.2) is 0 Å². The van der Waals surface area contributed by atoms with Crippen molar-refractivity contribution < 1.29 is 4.52 Å². The second kappa shape index (κ2) is 3.53. The maximum absolute atomic E-state index is 5.07. The molecule has 2 heterocycles. The Hall–Kier alpha value is -0.420. The van der Waals surface area contributed by atoms with Gasteiger partial charge in [-0.3, -0.25) is 0 Å². The van der Waals surface area contributed by atoms with Gasteiger partial charge < -0.3 is 9.84 Å². The molecule has 1 fully saturated rings. The van der Waals surface area contributed by atoms with Gasteiger partial charge in [0.25, 0.3) is 0 Å². The summed E-state index contributed by atoms with van der Waals surface area (Å²) in [6.45, 7) is 2.09. The van der Waals surface area contributed by atoms with E-state index in [-0.39, 0.29) is 0 Å². The lowest BCUT2D eigenvalue weighted by Gasteiger charge is -2.18. The molecule has 4 nitrogen and oxygen atoms in total. The molecule has 66 valence electrons. The first kappa shape index (κ1) is 8.19. The molecule has 12 heavy (non-hydrogen) atoms. The predicted molar refractivity (Wildman–Crippen MR) is 46.8 cm³/mol. The predicted octanol–water partition coefficient (Wildman–Crippen LogP) is 1.30. The van der Waals surface area contributed by atoms with Gasteiger partial charge in [-0.15, -0.1) is 0 Å². The van der Waals surface area contributed by atoms with Crippen LogP contribution in [0, 0.1) is 0 Å². The first-order valence-corrected chi connectivity index (χ1v) is 4.85. The van der Waals surface area contributed by atoms with Crippen molar-refractivity contribution in [2.24, 2.45) is 0 Å². The quantitative estimate of drug-likeness (QED) is 0.792. The van der Waals surface area contributed by atoms with Gasteiger partial charge in [0.15, 0.2) is 0 Å². The van der Waals surface area contributed by atoms with E-state index in [0.717, 1.165) is 31.8 Å². The Balaban J connectivity index is 2.08. The molecule has 1 N–H and O–H groups in total. The van der Waals surface area contributed by atoms with Crippen LogP contribution in [0.5, 0.6) is 0 Å². The summed E-state index contributed by atoms with van der Waals surface area (Å²) < 4.78 is 5.62. The maximum Gasteiger partial charge on any atom is 0.238 e. The molecule has 1 aromatic heterocycles. The van der Waals surface area contributed by atoms with Crippen LogP contribution in [0.1, 0.15) is 24.7 Å². The van der Waals surface area contributed by atoms with Gasteiger partial charge in [0.1, 0.15) is 0 Å². The van der Waals surface area contributed by atoms with Gasteiger partial charge in [0, 0.05) is 5.92 Å². The molecule has 1 aromatic rings. The fourth-order valence-electron chi connectivity index (χ4n) is 1.45. The topological polar surface area (TPSA) is 51.0 Å². The summed E-state index contributed by atoms with van der Waals surface area (Å²) in [5, 5.41) is 6.99. The molecule has 0 saturated carbocycles. The molecule has 0 spiro atoms. The van der Waals surface area contributed by atoms with Crippen molar-refractivity contribution in [1.29, 1.82) is 0 Å². The average Bonchev–Trinajstić information content (AvgIpc) is 2.54. The van der Waals surface area contributed by atoms with E-state index in [4.69, 9.17) is 4.52 Å². The number of halogens is 1. The first-order chi connectivity index (χ1) is 5.86. The van der Waals surface area contributed by atoms with Crippen molar-refractivity contribution in [3.63, 3.8) is 0 Å². The van der Waals surface area contributed by atoms with E-state index in [2.05, 4.69) is 31.4 Å². The monoisotopic (exact) mass is 231 g/mol. The third kappa shape index (κ3) is 1.67. The van der Waals surface area contributed by atoms with Crippen molar-refractivity contribution in [1.82, 2.24) is 15.5 Å². The molecule has 1 aliphatic rings. The minimum atomic E-state index is 0.449. The fourth-order valence-corrected chi connectivity index (χ4v) is 1.70. The Morgan fingerprint density at radius 1 is 1.42 bits per heavy atom. The number of hydrogen-bond donors (Lipinski definition) is 1. The van der Waals surface area contributed by atoms with E-state index in [9.17, 15) is 0 Å². The van der Waals surface area contributed by atoms with Crippen molar-refractivity contribution in [2.45, 2.75) is 18.8 Å². The average molecular weight is 232 g/mol. The highest BCUT2D eigenvalue weighted by Gasteiger charge is 2.20. The fraction of sp³-hybridized carbons (Fsp3) is 0.714. The minimum absolute atomic E-state index is 0.449. The van der Waals surface area contributed by atoms with E-state index >= 15 is 0 Å². The second-order valence-corrected chi connectivity index (χ2v) is 3.64.